The van der Waals surface area contributed by atoms with Gasteiger partial charge in [0.25, 0.3) is 0 Å². The molecule has 0 fully saturated rings. The number of nitrogens with zero attached hydrogens (tertiary/aromatic N) is 1. The zero-order valence-electron chi connectivity index (χ0n) is 10.5. The summed E-state index contributed by atoms with van der Waals surface area (Å²) in [6.45, 7) is 0. The van der Waals surface area contributed by atoms with Gasteiger partial charge in [-0.3, -0.25) is 14.9 Å². The van der Waals surface area contributed by atoms with Crippen LogP contribution >= 0.6 is 11.3 Å². The number of thiophene rings is 1. The molecule has 0 amide bonds. The predicted octanol–water partition coefficient (Wildman–Crippen LogP) is 3.87. The highest BCUT2D eigenvalue weighted by Crippen LogP contribution is 2.29. The maximum Gasteiger partial charge on any atom is 0.324 e. The average molecular weight is 285 g/mol. The van der Waals surface area contributed by atoms with E-state index in [1.165, 1.54) is 6.07 Å². The second-order valence-corrected chi connectivity index (χ2v) is 5.52. The molecule has 0 spiro atoms. The minimum atomic E-state index is -0.412. The average Bonchev–Trinajstić information content (AvgIpc) is 2.91. The first kappa shape index (κ1) is 12.7. The summed E-state index contributed by atoms with van der Waals surface area (Å²) in [4.78, 5) is 22.6. The lowest BCUT2D eigenvalue weighted by Gasteiger charge is -2.16. The van der Waals surface area contributed by atoms with Crippen LogP contribution < -0.4 is 0 Å². The molecule has 100 valence electrons. The summed E-state index contributed by atoms with van der Waals surface area (Å²) < 4.78 is 0. The third kappa shape index (κ3) is 2.28. The van der Waals surface area contributed by atoms with E-state index in [0.29, 0.717) is 6.42 Å². The monoisotopic (exact) mass is 285 g/mol. The number of ketones is 1. The van der Waals surface area contributed by atoms with Gasteiger partial charge in [-0.1, -0.05) is 35.6 Å². The summed E-state index contributed by atoms with van der Waals surface area (Å²) in [6.07, 6.45) is 3.28. The Bertz CT molecular complexity index is 730. The zero-order chi connectivity index (χ0) is 14.1. The van der Waals surface area contributed by atoms with E-state index in [4.69, 9.17) is 0 Å². The van der Waals surface area contributed by atoms with Crippen molar-refractivity contribution in [1.29, 1.82) is 0 Å². The molecule has 5 heteroatoms. The van der Waals surface area contributed by atoms with Gasteiger partial charge in [0.15, 0.2) is 5.78 Å². The topological polar surface area (TPSA) is 60.2 Å². The van der Waals surface area contributed by atoms with Crippen molar-refractivity contribution >= 4 is 28.2 Å². The highest BCUT2D eigenvalue weighted by atomic mass is 32.1. The van der Waals surface area contributed by atoms with Gasteiger partial charge >= 0.3 is 5.00 Å². The molecular formula is C15H11NO3S. The summed E-state index contributed by atoms with van der Waals surface area (Å²) in [5, 5.41) is 12.5. The van der Waals surface area contributed by atoms with Crippen molar-refractivity contribution in [2.24, 2.45) is 0 Å². The number of benzene rings is 1. The van der Waals surface area contributed by atoms with Crippen LogP contribution in [0.15, 0.2) is 41.3 Å². The summed E-state index contributed by atoms with van der Waals surface area (Å²) in [5.74, 6) is 0.0284. The third-order valence-electron chi connectivity index (χ3n) is 3.34. The smallest absolute Gasteiger partial charge is 0.289 e. The minimum absolute atomic E-state index is 0.0284. The highest BCUT2D eigenvalue weighted by Gasteiger charge is 2.21. The molecule has 0 saturated carbocycles. The predicted molar refractivity (Wildman–Crippen MR) is 78.0 cm³/mol. The van der Waals surface area contributed by atoms with Gasteiger partial charge in [-0.05, 0) is 30.0 Å². The SMILES string of the molecule is O=C1C(=Cc2csc([N+](=O)[O-])c2)CCc2ccccc21. The van der Waals surface area contributed by atoms with Crippen molar-refractivity contribution in [3.63, 3.8) is 0 Å². The second-order valence-electron chi connectivity index (χ2n) is 4.63. The Morgan fingerprint density at radius 2 is 2.05 bits per heavy atom. The van der Waals surface area contributed by atoms with Crippen LogP contribution in [0.5, 0.6) is 0 Å². The number of carbonyl (C=O) groups is 1. The van der Waals surface area contributed by atoms with Crippen LogP contribution in [0.1, 0.15) is 27.9 Å². The van der Waals surface area contributed by atoms with Gasteiger partial charge in [0.2, 0.25) is 0 Å². The quantitative estimate of drug-likeness (QED) is 0.478. The lowest BCUT2D eigenvalue weighted by Crippen LogP contribution is -2.13. The number of hydrogen-bond donors (Lipinski definition) is 0. The fraction of sp³-hybridized carbons (Fsp3) is 0.133. The van der Waals surface area contributed by atoms with E-state index >= 15 is 0 Å². The van der Waals surface area contributed by atoms with Gasteiger partial charge in [-0.15, -0.1) is 0 Å². The number of Topliss-reactive ketones (excluding diaryl/α,β-unsaturated/α-hetero) is 1. The Morgan fingerprint density at radius 3 is 2.80 bits per heavy atom. The molecule has 1 aliphatic rings. The number of nitro groups is 1. The maximum atomic E-state index is 12.4. The number of fused-ring (bicyclic) bond motifs is 1. The van der Waals surface area contributed by atoms with Crippen molar-refractivity contribution in [2.45, 2.75) is 12.8 Å². The van der Waals surface area contributed by atoms with E-state index in [-0.39, 0.29) is 10.8 Å². The normalized spacial score (nSPS) is 16.2. The molecule has 4 nitrogen and oxygen atoms in total. The van der Waals surface area contributed by atoms with Gasteiger partial charge in [-0.25, -0.2) is 0 Å². The first-order valence-electron chi connectivity index (χ1n) is 6.21. The summed E-state index contributed by atoms with van der Waals surface area (Å²) >= 11 is 1.08. The maximum absolute atomic E-state index is 12.4. The Hall–Kier alpha value is -2.27. The Morgan fingerprint density at radius 1 is 1.25 bits per heavy atom. The van der Waals surface area contributed by atoms with Crippen molar-refractivity contribution in [3.05, 3.63) is 68.1 Å². The molecule has 20 heavy (non-hydrogen) atoms. The van der Waals surface area contributed by atoms with E-state index in [1.807, 2.05) is 24.3 Å². The molecule has 1 heterocycles. The molecule has 0 aliphatic heterocycles. The number of allylic oxidation sites excluding steroid dienone is 1. The van der Waals surface area contributed by atoms with Crippen LogP contribution in [0.25, 0.3) is 6.08 Å². The third-order valence-corrected chi connectivity index (χ3v) is 4.24. The van der Waals surface area contributed by atoms with Crippen molar-refractivity contribution in [1.82, 2.24) is 0 Å². The highest BCUT2D eigenvalue weighted by molar-refractivity contribution is 7.13. The molecule has 2 aromatic rings. The molecule has 1 aliphatic carbocycles. The fourth-order valence-corrected chi connectivity index (χ4v) is 3.05. The Labute approximate surface area is 119 Å². The van der Waals surface area contributed by atoms with Crippen molar-refractivity contribution in [3.8, 4) is 0 Å². The molecule has 1 aromatic carbocycles. The van der Waals surface area contributed by atoms with Gasteiger partial charge < -0.3 is 0 Å². The molecule has 3 rings (SSSR count). The molecule has 0 atom stereocenters. The van der Waals surface area contributed by atoms with E-state index in [9.17, 15) is 14.9 Å². The Balaban J connectivity index is 1.93. The van der Waals surface area contributed by atoms with E-state index in [0.717, 1.165) is 40.0 Å². The first-order chi connectivity index (χ1) is 9.65. The molecular weight excluding hydrogens is 274 g/mol. The van der Waals surface area contributed by atoms with Gasteiger partial charge in [0.1, 0.15) is 0 Å². The lowest BCUT2D eigenvalue weighted by atomic mass is 9.86. The number of aryl methyl sites for hydroxylation is 1. The first-order valence-corrected chi connectivity index (χ1v) is 7.09. The number of rotatable bonds is 2. The van der Waals surface area contributed by atoms with Gasteiger partial charge in [0, 0.05) is 22.6 Å². The van der Waals surface area contributed by atoms with E-state index < -0.39 is 4.92 Å². The summed E-state index contributed by atoms with van der Waals surface area (Å²) in [5.41, 5.74) is 3.27. The van der Waals surface area contributed by atoms with Crippen LogP contribution in [0, 0.1) is 10.1 Å². The number of carbonyl (C=O) groups excluding carboxylic acids is 1. The molecule has 1 aromatic heterocycles. The van der Waals surface area contributed by atoms with Crippen LogP contribution in [0.2, 0.25) is 0 Å². The molecule has 0 unspecified atom stereocenters. The lowest BCUT2D eigenvalue weighted by molar-refractivity contribution is -0.380. The summed E-state index contributed by atoms with van der Waals surface area (Å²) in [7, 11) is 0. The van der Waals surface area contributed by atoms with E-state index in [2.05, 4.69) is 0 Å². The van der Waals surface area contributed by atoms with Gasteiger partial charge in [-0.2, -0.15) is 0 Å². The second kappa shape index (κ2) is 5.02. The largest absolute Gasteiger partial charge is 0.324 e. The molecule has 0 N–H and O–H groups in total. The van der Waals surface area contributed by atoms with Gasteiger partial charge in [0.05, 0.1) is 4.92 Å². The van der Waals surface area contributed by atoms with Crippen LogP contribution in [0.4, 0.5) is 5.00 Å². The fourth-order valence-electron chi connectivity index (χ4n) is 2.37. The van der Waals surface area contributed by atoms with Crippen molar-refractivity contribution < 1.29 is 9.72 Å². The van der Waals surface area contributed by atoms with E-state index in [1.54, 1.807) is 11.5 Å². The molecule has 0 bridgehead atoms. The van der Waals surface area contributed by atoms with Crippen LogP contribution in [-0.4, -0.2) is 10.7 Å². The minimum Gasteiger partial charge on any atom is -0.289 e. The van der Waals surface area contributed by atoms with Crippen LogP contribution in [0.3, 0.4) is 0 Å². The summed E-state index contributed by atoms with van der Waals surface area (Å²) in [6, 6.07) is 9.10. The number of hydrogen-bond acceptors (Lipinski definition) is 4. The Kier molecular flexibility index (Phi) is 3.20. The van der Waals surface area contributed by atoms with Crippen molar-refractivity contribution in [2.75, 3.05) is 0 Å². The zero-order valence-corrected chi connectivity index (χ0v) is 11.4. The standard InChI is InChI=1S/C15H11NO3S/c17-15-12(6-5-11-3-1-2-4-13(11)15)7-10-8-14(16(18)19)20-9-10/h1-4,7-9H,5-6H2. The molecule has 0 radical (unpaired) electrons. The molecule has 0 saturated heterocycles. The van der Waals surface area contributed by atoms with Crippen LogP contribution in [-0.2, 0) is 6.42 Å².